The van der Waals surface area contributed by atoms with Crippen LogP contribution in [0.5, 0.6) is 0 Å². The molecule has 2 aliphatic rings. The number of nitrogens with one attached hydrogen (secondary N) is 1. The molecule has 0 bridgehead atoms. The van der Waals surface area contributed by atoms with Crippen molar-refractivity contribution in [1.82, 2.24) is 35.3 Å². The summed E-state index contributed by atoms with van der Waals surface area (Å²) in [6.45, 7) is 9.02. The van der Waals surface area contributed by atoms with Crippen molar-refractivity contribution in [3.8, 4) is 0 Å². The maximum atomic E-state index is 12.4. The minimum atomic E-state index is -0.223. The number of amides is 2. The highest BCUT2D eigenvalue weighted by Gasteiger charge is 2.29. The summed E-state index contributed by atoms with van der Waals surface area (Å²) in [6.07, 6.45) is 2.23. The predicted molar refractivity (Wildman–Crippen MR) is 90.7 cm³/mol. The fourth-order valence-electron chi connectivity index (χ4n) is 2.86. The summed E-state index contributed by atoms with van der Waals surface area (Å²) in [7, 11) is 0. The van der Waals surface area contributed by atoms with Gasteiger partial charge >= 0.3 is 0 Å². The van der Waals surface area contributed by atoms with Gasteiger partial charge in [-0.2, -0.15) is 4.80 Å². The maximum absolute atomic E-state index is 12.4. The molecule has 2 amide bonds. The molecule has 1 N–H and O–H groups in total. The Kier molecular flexibility index (Phi) is 5.03. The van der Waals surface area contributed by atoms with E-state index in [-0.39, 0.29) is 23.9 Å². The molecule has 9 nitrogen and oxygen atoms in total. The lowest BCUT2D eigenvalue weighted by atomic mass is 10.1. The summed E-state index contributed by atoms with van der Waals surface area (Å²) in [5.41, 5.74) is -0.223. The molecule has 0 atom stereocenters. The Bertz CT molecular complexity index is 625. The smallest absolute Gasteiger partial charge is 0.246 e. The average Bonchev–Trinajstić information content (AvgIpc) is 3.26. The Morgan fingerprint density at radius 3 is 2.40 bits per heavy atom. The molecule has 0 unspecified atom stereocenters. The minimum Gasteiger partial charge on any atom is -0.350 e. The molecular weight excluding hydrogens is 322 g/mol. The molecule has 3 rings (SSSR count). The van der Waals surface area contributed by atoms with Gasteiger partial charge in [-0.15, -0.1) is 10.2 Å². The lowest BCUT2D eigenvalue weighted by molar-refractivity contribution is -0.134. The molecule has 138 valence electrons. The highest BCUT2D eigenvalue weighted by Crippen LogP contribution is 2.37. The van der Waals surface area contributed by atoms with E-state index in [1.807, 2.05) is 20.8 Å². The van der Waals surface area contributed by atoms with E-state index in [9.17, 15) is 9.59 Å². The molecule has 0 aromatic carbocycles. The second-order valence-electron chi connectivity index (χ2n) is 7.91. The van der Waals surface area contributed by atoms with Crippen LogP contribution in [0.4, 0.5) is 0 Å². The van der Waals surface area contributed by atoms with E-state index in [2.05, 4.69) is 25.6 Å². The Morgan fingerprint density at radius 1 is 1.12 bits per heavy atom. The van der Waals surface area contributed by atoms with Gasteiger partial charge < -0.3 is 10.2 Å². The lowest BCUT2D eigenvalue weighted by Crippen LogP contribution is -2.53. The fourth-order valence-corrected chi connectivity index (χ4v) is 2.86. The number of carbonyl (C=O) groups excluding carboxylic acids is 2. The Morgan fingerprint density at radius 2 is 1.80 bits per heavy atom. The second-order valence-corrected chi connectivity index (χ2v) is 7.91. The topological polar surface area (TPSA) is 96.2 Å². The van der Waals surface area contributed by atoms with E-state index in [1.165, 1.54) is 4.80 Å². The molecule has 0 spiro atoms. The van der Waals surface area contributed by atoms with E-state index in [0.717, 1.165) is 18.7 Å². The zero-order chi connectivity index (χ0) is 18.0. The molecule has 25 heavy (non-hydrogen) atoms. The minimum absolute atomic E-state index is 0.00135. The van der Waals surface area contributed by atoms with Gasteiger partial charge in [-0.3, -0.25) is 14.5 Å². The molecule has 0 radical (unpaired) electrons. The average molecular weight is 349 g/mol. The first-order chi connectivity index (χ1) is 11.8. The molecule has 1 aromatic rings. The van der Waals surface area contributed by atoms with Crippen molar-refractivity contribution in [1.29, 1.82) is 0 Å². The van der Waals surface area contributed by atoms with Gasteiger partial charge in [-0.25, -0.2) is 0 Å². The lowest BCUT2D eigenvalue weighted by Gasteiger charge is -2.34. The Hall–Kier alpha value is -2.03. The zero-order valence-corrected chi connectivity index (χ0v) is 15.2. The van der Waals surface area contributed by atoms with E-state index >= 15 is 0 Å². The first kappa shape index (κ1) is 17.8. The summed E-state index contributed by atoms with van der Waals surface area (Å²) >= 11 is 0. The van der Waals surface area contributed by atoms with Crippen LogP contribution < -0.4 is 5.32 Å². The van der Waals surface area contributed by atoms with Crippen LogP contribution in [0, 0.1) is 0 Å². The van der Waals surface area contributed by atoms with Crippen molar-refractivity contribution in [3.05, 3.63) is 5.82 Å². The summed E-state index contributed by atoms with van der Waals surface area (Å²) in [4.78, 5) is 29.6. The monoisotopic (exact) mass is 349 g/mol. The van der Waals surface area contributed by atoms with Gasteiger partial charge in [0, 0.05) is 37.6 Å². The standard InChI is InChI=1S/C16H27N7O2/c1-16(2,3)17-13(24)10-21-6-8-22(9-7-21)14(25)11-23-19-15(18-20-23)12-4-5-12/h12H,4-11H2,1-3H3,(H,17,24). The van der Waals surface area contributed by atoms with Crippen molar-refractivity contribution >= 4 is 11.8 Å². The van der Waals surface area contributed by atoms with Crippen molar-refractivity contribution < 1.29 is 9.59 Å². The SMILES string of the molecule is CC(C)(C)NC(=O)CN1CCN(C(=O)Cn2nnc(C3CC3)n2)CC1. The van der Waals surface area contributed by atoms with Gasteiger partial charge in [0.1, 0.15) is 6.54 Å². The van der Waals surface area contributed by atoms with Gasteiger partial charge in [0.05, 0.1) is 6.54 Å². The Balaban J connectivity index is 1.41. The Labute approximate surface area is 147 Å². The van der Waals surface area contributed by atoms with Crippen LogP contribution >= 0.6 is 0 Å². The van der Waals surface area contributed by atoms with Gasteiger partial charge in [-0.1, -0.05) is 0 Å². The first-order valence-electron chi connectivity index (χ1n) is 8.89. The van der Waals surface area contributed by atoms with Gasteiger partial charge in [0.25, 0.3) is 0 Å². The molecule has 9 heteroatoms. The fraction of sp³-hybridized carbons (Fsp3) is 0.812. The molecule has 1 aliphatic heterocycles. The first-order valence-corrected chi connectivity index (χ1v) is 8.89. The van der Waals surface area contributed by atoms with Crippen molar-refractivity contribution in [2.45, 2.75) is 51.6 Å². The van der Waals surface area contributed by atoms with E-state index in [1.54, 1.807) is 4.90 Å². The third-order valence-corrected chi connectivity index (χ3v) is 4.29. The molecule has 2 fully saturated rings. The number of carbonyl (C=O) groups is 2. The normalized spacial score (nSPS) is 19.1. The summed E-state index contributed by atoms with van der Waals surface area (Å²) in [5.74, 6) is 1.21. The number of tetrazole rings is 1. The van der Waals surface area contributed by atoms with E-state index < -0.39 is 0 Å². The van der Waals surface area contributed by atoms with Crippen LogP contribution in [-0.4, -0.2) is 80.1 Å². The zero-order valence-electron chi connectivity index (χ0n) is 15.2. The number of rotatable bonds is 5. The largest absolute Gasteiger partial charge is 0.350 e. The van der Waals surface area contributed by atoms with Crippen molar-refractivity contribution in [2.24, 2.45) is 0 Å². The molecular formula is C16H27N7O2. The highest BCUT2D eigenvalue weighted by atomic mass is 16.2. The third-order valence-electron chi connectivity index (χ3n) is 4.29. The van der Waals surface area contributed by atoms with E-state index in [0.29, 0.717) is 38.6 Å². The molecule has 2 heterocycles. The molecule has 1 saturated heterocycles. The van der Waals surface area contributed by atoms with Gasteiger partial charge in [-0.05, 0) is 38.8 Å². The van der Waals surface area contributed by atoms with Crippen LogP contribution in [-0.2, 0) is 16.1 Å². The van der Waals surface area contributed by atoms with Crippen LogP contribution in [0.1, 0.15) is 45.4 Å². The second kappa shape index (κ2) is 7.07. The van der Waals surface area contributed by atoms with Gasteiger partial charge in [0.15, 0.2) is 5.82 Å². The highest BCUT2D eigenvalue weighted by molar-refractivity contribution is 5.79. The van der Waals surface area contributed by atoms with Crippen LogP contribution in [0.3, 0.4) is 0 Å². The maximum Gasteiger partial charge on any atom is 0.246 e. The number of nitrogens with zero attached hydrogens (tertiary/aromatic N) is 6. The number of hydrogen-bond acceptors (Lipinski definition) is 6. The van der Waals surface area contributed by atoms with Crippen molar-refractivity contribution in [3.63, 3.8) is 0 Å². The van der Waals surface area contributed by atoms with Crippen LogP contribution in [0.25, 0.3) is 0 Å². The van der Waals surface area contributed by atoms with Crippen LogP contribution in [0.2, 0.25) is 0 Å². The van der Waals surface area contributed by atoms with Crippen molar-refractivity contribution in [2.75, 3.05) is 32.7 Å². The quantitative estimate of drug-likeness (QED) is 0.778. The van der Waals surface area contributed by atoms with Gasteiger partial charge in [0.2, 0.25) is 11.8 Å². The molecule has 1 saturated carbocycles. The molecule has 1 aliphatic carbocycles. The van der Waals surface area contributed by atoms with E-state index in [4.69, 9.17) is 0 Å². The van der Waals surface area contributed by atoms with Crippen LogP contribution in [0.15, 0.2) is 0 Å². The molecule has 1 aromatic heterocycles. The number of aromatic nitrogens is 4. The number of piperazine rings is 1. The third kappa shape index (κ3) is 5.22. The summed E-state index contributed by atoms with van der Waals surface area (Å²) in [6, 6.07) is 0. The number of hydrogen-bond donors (Lipinski definition) is 1. The summed E-state index contributed by atoms with van der Waals surface area (Å²) in [5, 5.41) is 15.2. The predicted octanol–water partition coefficient (Wildman–Crippen LogP) is -0.391. The summed E-state index contributed by atoms with van der Waals surface area (Å²) < 4.78 is 0.